The van der Waals surface area contributed by atoms with Gasteiger partial charge in [0.05, 0.1) is 128 Å². The standard InChI is InChI=1S/C35H48N8O6.C34H48N8O5.C34H46N8O5/c1-21-12-15-42(24-11-10-23(32(44)46-6)37-27(21)24)31-28-30(43(40-31)26-9-7-8-18-47-26)38-25(19-36-28)41-16-13-35(14-17-41)20-48-22(2)29(35)39-33(45)49-34(3,4)5;2*1-21-11-14-41(24-10-9-23(19-43)36-27(21)24)31-28-30(42(39-31)26-8-6-7-17-45-26)37-25(18-35-28)40-15-12-34(13-16-40)20-46-22(2)29(34)38-32(44)47-33(3,4)5/h10-11,19,21-22,26,29H,7-9,12-18,20H2,1-6H3,(H,39,45);9-10,18,21-22,26,29,43H,6-8,11-17,19-20H2,1-5H3,(H,38,44);9-10,18-19,21-22,26,29H,6-8,11-17,20H2,1-5H3,(H,38,44)/t3*21-,22-,26?,29+/m000/s1. The Hall–Kier alpha value is -11.4. The van der Waals surface area contributed by atoms with Gasteiger partial charge in [-0.2, -0.15) is 0 Å². The fourth-order valence-corrected chi connectivity index (χ4v) is 23.0. The van der Waals surface area contributed by atoms with Gasteiger partial charge in [-0.3, -0.25) is 9.78 Å². The highest BCUT2D eigenvalue weighted by Crippen LogP contribution is 2.51. The summed E-state index contributed by atoms with van der Waals surface area (Å²) in [6.45, 7) is 39.9. The van der Waals surface area contributed by atoms with E-state index in [9.17, 15) is 29.1 Å². The van der Waals surface area contributed by atoms with Gasteiger partial charge in [-0.15, -0.1) is 15.3 Å². The number of esters is 1. The van der Waals surface area contributed by atoms with Crippen LogP contribution in [-0.4, -0.2) is 269 Å². The third-order valence-corrected chi connectivity index (χ3v) is 30.8. The van der Waals surface area contributed by atoms with Crippen molar-refractivity contribution >= 4 is 116 Å². The number of pyridine rings is 3. The number of piperidine rings is 3. The van der Waals surface area contributed by atoms with Crippen molar-refractivity contribution in [3.63, 3.8) is 0 Å². The molecule has 143 heavy (non-hydrogen) atoms. The number of hydrogen-bond acceptors (Lipinski definition) is 34. The van der Waals surface area contributed by atoms with Crippen molar-refractivity contribution in [1.29, 1.82) is 0 Å². The van der Waals surface area contributed by atoms with Gasteiger partial charge in [-0.1, -0.05) is 20.8 Å². The normalized spacial score (nSPS) is 25.8. The Morgan fingerprint density at radius 3 is 1.06 bits per heavy atom. The zero-order valence-electron chi connectivity index (χ0n) is 85.7. The van der Waals surface area contributed by atoms with Crippen LogP contribution in [-0.2, 0) is 54.0 Å². The summed E-state index contributed by atoms with van der Waals surface area (Å²) in [7, 11) is 1.37. The molecule has 0 bridgehead atoms. The summed E-state index contributed by atoms with van der Waals surface area (Å²) < 4.78 is 64.5. The number of aliphatic hydroxyl groups excluding tert-OH is 1. The number of carbonyl (C=O) groups excluding carboxylic acids is 5. The van der Waals surface area contributed by atoms with Crippen molar-refractivity contribution in [2.75, 3.05) is 135 Å². The first-order valence-electron chi connectivity index (χ1n) is 51.7. The van der Waals surface area contributed by atoms with Crippen LogP contribution in [0.2, 0.25) is 0 Å². The molecular formula is C103H142N24O16. The number of alkyl carbamates (subject to hydrolysis) is 3. The quantitative estimate of drug-likeness (QED) is 0.0421. The van der Waals surface area contributed by atoms with E-state index >= 15 is 0 Å². The Bertz CT molecular complexity index is 6110. The maximum Gasteiger partial charge on any atom is 0.407 e. The fraction of sp³-hybridized carbons (Fsp3) is 0.660. The van der Waals surface area contributed by atoms with Crippen molar-refractivity contribution in [3.8, 4) is 0 Å². The Morgan fingerprint density at radius 1 is 0.420 bits per heavy atom. The third-order valence-electron chi connectivity index (χ3n) is 30.8. The molecule has 40 heteroatoms. The van der Waals surface area contributed by atoms with Gasteiger partial charge < -0.3 is 97.8 Å². The largest absolute Gasteiger partial charge is 0.464 e. The minimum Gasteiger partial charge on any atom is -0.464 e. The lowest BCUT2D eigenvalue weighted by molar-refractivity contribution is -0.0369. The summed E-state index contributed by atoms with van der Waals surface area (Å²) >= 11 is 0. The number of aliphatic hydroxyl groups is 1. The first-order chi connectivity index (χ1) is 68.6. The maximum absolute atomic E-state index is 12.8. The molecular weight excluding hydrogens is 1830 g/mol. The summed E-state index contributed by atoms with van der Waals surface area (Å²) in [5.74, 6) is 4.78. The fourth-order valence-electron chi connectivity index (χ4n) is 23.0. The van der Waals surface area contributed by atoms with E-state index < -0.39 is 41.1 Å². The number of ether oxygens (including phenoxy) is 10. The summed E-state index contributed by atoms with van der Waals surface area (Å²) in [4.78, 5) is 120. The van der Waals surface area contributed by atoms with Crippen molar-refractivity contribution in [3.05, 3.63) is 89.2 Å². The molecule has 12 aliphatic heterocycles. The van der Waals surface area contributed by atoms with Gasteiger partial charge in [0.2, 0.25) is 0 Å². The van der Waals surface area contributed by atoms with E-state index in [0.29, 0.717) is 85.0 Å². The van der Waals surface area contributed by atoms with E-state index in [1.807, 2.05) is 140 Å². The molecule has 3 spiro atoms. The molecule has 770 valence electrons. The molecule has 9 aromatic rings. The topological polar surface area (TPSA) is 423 Å². The molecule has 3 unspecified atom stereocenters. The lowest BCUT2D eigenvalue weighted by Gasteiger charge is -2.42. The SMILES string of the molecule is COC(=O)c1ccc2c(n1)[C@@H](C)CCN2c1nn(C2CCCCO2)c2nc(N3CCC4(CC3)CO[C@@H](C)[C@H]4NC(=O)OC(C)(C)C)cnc12.C[C@@H]1OCC2(CCN(c3cnc4c(N5CC[C@H](C)c6nc(C=O)ccc65)nn(C5CCCCO5)c4n3)CC2)[C@@H]1NC(=O)OC(C)(C)C.C[C@@H]1OCC2(CCN(c3cnc4c(N5CC[C@H](C)c6nc(CO)ccc65)nn(C5CCCCO5)c4n3)CC2)[C@@H]1NC(=O)OC(C)(C)C. The summed E-state index contributed by atoms with van der Waals surface area (Å²) in [6, 6.07) is 10.9. The molecule has 12 atom stereocenters. The summed E-state index contributed by atoms with van der Waals surface area (Å²) in [5.41, 5.74) is 8.95. The van der Waals surface area contributed by atoms with Crippen LogP contribution in [0, 0.1) is 16.2 Å². The van der Waals surface area contributed by atoms with E-state index in [2.05, 4.69) is 71.1 Å². The van der Waals surface area contributed by atoms with E-state index in [1.165, 1.54) is 7.11 Å². The number of amides is 3. The number of nitrogens with zero attached hydrogens (tertiary/aromatic N) is 21. The highest BCUT2D eigenvalue weighted by atomic mass is 16.6. The second-order valence-electron chi connectivity index (χ2n) is 44.2. The van der Waals surface area contributed by atoms with Crippen LogP contribution in [0.5, 0.6) is 0 Å². The second kappa shape index (κ2) is 40.9. The van der Waals surface area contributed by atoms with Crippen LogP contribution in [0.4, 0.5) is 66.4 Å². The molecule has 9 fully saturated rings. The van der Waals surface area contributed by atoms with Crippen LogP contribution in [0.25, 0.3) is 33.5 Å². The van der Waals surface area contributed by atoms with Crippen molar-refractivity contribution in [2.24, 2.45) is 16.2 Å². The molecule has 0 saturated carbocycles. The Kier molecular flexibility index (Phi) is 28.7. The van der Waals surface area contributed by atoms with Crippen molar-refractivity contribution in [1.82, 2.24) is 90.1 Å². The third kappa shape index (κ3) is 20.7. The van der Waals surface area contributed by atoms with Gasteiger partial charge in [0.25, 0.3) is 0 Å². The average molecular weight is 1970 g/mol. The zero-order chi connectivity index (χ0) is 100. The van der Waals surface area contributed by atoms with Gasteiger partial charge >= 0.3 is 24.2 Å². The number of fused-ring (bicyclic) bond motifs is 6. The van der Waals surface area contributed by atoms with Crippen LogP contribution in [0.3, 0.4) is 0 Å². The number of methoxy groups -OCH3 is 1. The number of hydrogen-bond donors (Lipinski definition) is 4. The lowest BCUT2D eigenvalue weighted by Crippen LogP contribution is -2.55. The number of rotatable bonds is 15. The molecule has 9 aromatic heterocycles. The first-order valence-corrected chi connectivity index (χ1v) is 51.7. The molecule has 9 saturated heterocycles. The molecule has 40 nitrogen and oxygen atoms in total. The van der Waals surface area contributed by atoms with Crippen molar-refractivity contribution in [2.45, 2.75) is 316 Å². The van der Waals surface area contributed by atoms with E-state index in [0.717, 1.165) is 255 Å². The van der Waals surface area contributed by atoms with Crippen molar-refractivity contribution < 1.29 is 76.4 Å². The molecule has 21 heterocycles. The maximum atomic E-state index is 12.8. The van der Waals surface area contributed by atoms with Crippen LogP contribution >= 0.6 is 0 Å². The Morgan fingerprint density at radius 2 is 0.748 bits per heavy atom. The van der Waals surface area contributed by atoms with Gasteiger partial charge in [0.15, 0.2) is 75.9 Å². The number of nitrogens with one attached hydrogen (secondary N) is 3. The minimum atomic E-state index is -0.573. The molecule has 4 N–H and O–H groups in total. The Balaban J connectivity index is 0.000000136. The van der Waals surface area contributed by atoms with Gasteiger partial charge in [0.1, 0.15) is 45.6 Å². The second-order valence-corrected chi connectivity index (χ2v) is 44.2. The number of anilines is 9. The van der Waals surface area contributed by atoms with E-state index in [4.69, 9.17) is 103 Å². The highest BCUT2D eigenvalue weighted by Gasteiger charge is 2.55. The minimum absolute atomic E-state index is 0.0879. The molecule has 0 radical (unpaired) electrons. The zero-order valence-corrected chi connectivity index (χ0v) is 85.7. The van der Waals surface area contributed by atoms with Gasteiger partial charge in [-0.05, 0) is 235 Å². The van der Waals surface area contributed by atoms with E-state index in [1.54, 1.807) is 12.1 Å². The van der Waals surface area contributed by atoms with E-state index in [-0.39, 0.29) is 95.7 Å². The molecule has 0 aromatic carbocycles. The highest BCUT2D eigenvalue weighted by molar-refractivity contribution is 5.92. The number of carbonyl (C=O) groups is 5. The first kappa shape index (κ1) is 100. The Labute approximate surface area is 834 Å². The lowest BCUT2D eigenvalue weighted by atomic mass is 9.73. The number of aromatic nitrogens is 15. The monoisotopic (exact) mass is 1970 g/mol. The molecule has 3 amide bonds. The summed E-state index contributed by atoms with van der Waals surface area (Å²) in [5, 5.41) is 34.5. The molecule has 0 aliphatic carbocycles. The number of aldehydes is 1. The predicted octanol–water partition coefficient (Wildman–Crippen LogP) is 15.5. The average Bonchev–Trinajstić information content (AvgIpc) is 1.61. The predicted molar refractivity (Wildman–Crippen MR) is 535 cm³/mol. The smallest absolute Gasteiger partial charge is 0.407 e. The van der Waals surface area contributed by atoms with Gasteiger partial charge in [0, 0.05) is 113 Å². The van der Waals surface area contributed by atoms with Crippen LogP contribution < -0.4 is 45.3 Å². The van der Waals surface area contributed by atoms with Crippen LogP contribution in [0.1, 0.15) is 300 Å². The molecule has 21 rings (SSSR count). The van der Waals surface area contributed by atoms with Crippen LogP contribution in [0.15, 0.2) is 55.0 Å². The van der Waals surface area contributed by atoms with Gasteiger partial charge in [-0.25, -0.2) is 73.1 Å². The summed E-state index contributed by atoms with van der Waals surface area (Å²) in [6.07, 6.45) is 20.7. The molecule has 12 aliphatic rings.